The Bertz CT molecular complexity index is 804. The van der Waals surface area contributed by atoms with E-state index in [2.05, 4.69) is 44.7 Å². The number of nitrogens with zero attached hydrogens (tertiary/aromatic N) is 4. The van der Waals surface area contributed by atoms with Gasteiger partial charge in [0.05, 0.1) is 17.6 Å². The highest BCUT2D eigenvalue weighted by Gasteiger charge is 2.11. The molecule has 0 bridgehead atoms. The lowest BCUT2D eigenvalue weighted by Crippen LogP contribution is -2.18. The molecule has 0 radical (unpaired) electrons. The van der Waals surface area contributed by atoms with Gasteiger partial charge in [-0.05, 0) is 49.2 Å². The average molecular weight is 347 g/mol. The largest absolute Gasteiger partial charge is 0.307 e. The number of hydrogen-bond donors (Lipinski definition) is 1. The van der Waals surface area contributed by atoms with Crippen LogP contribution >= 0.6 is 0 Å². The van der Waals surface area contributed by atoms with Crippen LogP contribution in [0.5, 0.6) is 0 Å². The summed E-state index contributed by atoms with van der Waals surface area (Å²) < 4.78 is 0. The monoisotopic (exact) mass is 347 g/mol. The summed E-state index contributed by atoms with van der Waals surface area (Å²) in [5, 5.41) is 12.3. The Balaban J connectivity index is 1.26. The highest BCUT2D eigenvalue weighted by atomic mass is 15.5. The maximum absolute atomic E-state index is 4.52. The SMILES string of the molecule is c1ccc(-n2ncc(CNCc3ccc(CN4CCCC4)cc3)n2)cc1. The number of aromatic nitrogens is 3. The smallest absolute Gasteiger partial charge is 0.0969 e. The quantitative estimate of drug-likeness (QED) is 0.713. The molecule has 0 unspecified atom stereocenters. The first-order chi connectivity index (χ1) is 12.9. The number of rotatable bonds is 7. The summed E-state index contributed by atoms with van der Waals surface area (Å²) in [5.74, 6) is 0. The Morgan fingerprint density at radius 1 is 0.846 bits per heavy atom. The molecule has 26 heavy (non-hydrogen) atoms. The van der Waals surface area contributed by atoms with Crippen LogP contribution in [0.25, 0.3) is 5.69 Å². The Morgan fingerprint density at radius 3 is 2.35 bits per heavy atom. The van der Waals surface area contributed by atoms with Crippen LogP contribution in [0.1, 0.15) is 29.7 Å². The summed E-state index contributed by atoms with van der Waals surface area (Å²) in [6, 6.07) is 18.9. The zero-order valence-electron chi connectivity index (χ0n) is 15.0. The first kappa shape index (κ1) is 16.9. The van der Waals surface area contributed by atoms with Gasteiger partial charge in [0.1, 0.15) is 0 Å². The van der Waals surface area contributed by atoms with Gasteiger partial charge < -0.3 is 5.32 Å². The highest BCUT2D eigenvalue weighted by molar-refractivity contribution is 5.28. The molecule has 0 amide bonds. The summed E-state index contributed by atoms with van der Waals surface area (Å²) in [5.41, 5.74) is 4.62. The van der Waals surface area contributed by atoms with E-state index in [0.717, 1.165) is 24.5 Å². The molecule has 1 aliphatic rings. The van der Waals surface area contributed by atoms with Crippen molar-refractivity contribution in [2.75, 3.05) is 13.1 Å². The zero-order valence-corrected chi connectivity index (χ0v) is 15.0. The van der Waals surface area contributed by atoms with E-state index in [-0.39, 0.29) is 0 Å². The minimum atomic E-state index is 0.711. The van der Waals surface area contributed by atoms with E-state index in [4.69, 9.17) is 0 Å². The molecule has 1 aliphatic heterocycles. The first-order valence-corrected chi connectivity index (χ1v) is 9.34. The lowest BCUT2D eigenvalue weighted by molar-refractivity contribution is 0.331. The minimum Gasteiger partial charge on any atom is -0.307 e. The van der Waals surface area contributed by atoms with Gasteiger partial charge in [-0.15, -0.1) is 0 Å². The van der Waals surface area contributed by atoms with Crippen molar-refractivity contribution in [3.63, 3.8) is 0 Å². The molecule has 0 aliphatic carbocycles. The van der Waals surface area contributed by atoms with Gasteiger partial charge in [-0.3, -0.25) is 4.90 Å². The second-order valence-electron chi connectivity index (χ2n) is 6.86. The first-order valence-electron chi connectivity index (χ1n) is 9.34. The summed E-state index contributed by atoms with van der Waals surface area (Å²) in [7, 11) is 0. The van der Waals surface area contributed by atoms with Crippen molar-refractivity contribution in [1.82, 2.24) is 25.2 Å². The van der Waals surface area contributed by atoms with Gasteiger partial charge >= 0.3 is 0 Å². The number of likely N-dealkylation sites (tertiary alicyclic amines) is 1. The number of nitrogens with one attached hydrogen (secondary N) is 1. The van der Waals surface area contributed by atoms with Crippen molar-refractivity contribution in [3.8, 4) is 5.69 Å². The third-order valence-corrected chi connectivity index (χ3v) is 4.79. The molecule has 1 aromatic heterocycles. The molecular formula is C21H25N5. The van der Waals surface area contributed by atoms with Crippen LogP contribution in [0.4, 0.5) is 0 Å². The predicted molar refractivity (Wildman–Crippen MR) is 103 cm³/mol. The number of hydrogen-bond acceptors (Lipinski definition) is 4. The topological polar surface area (TPSA) is 46.0 Å². The molecule has 5 nitrogen and oxygen atoms in total. The molecule has 0 atom stereocenters. The molecule has 2 aromatic carbocycles. The maximum Gasteiger partial charge on any atom is 0.0969 e. The van der Waals surface area contributed by atoms with Crippen molar-refractivity contribution < 1.29 is 0 Å². The highest BCUT2D eigenvalue weighted by Crippen LogP contribution is 2.13. The van der Waals surface area contributed by atoms with Crippen molar-refractivity contribution in [1.29, 1.82) is 0 Å². The van der Waals surface area contributed by atoms with E-state index in [9.17, 15) is 0 Å². The van der Waals surface area contributed by atoms with E-state index >= 15 is 0 Å². The van der Waals surface area contributed by atoms with Gasteiger partial charge in [-0.25, -0.2) is 0 Å². The number of para-hydroxylation sites is 1. The molecule has 2 heterocycles. The van der Waals surface area contributed by atoms with Crippen LogP contribution in [0.3, 0.4) is 0 Å². The van der Waals surface area contributed by atoms with Crippen LogP contribution in [0, 0.1) is 0 Å². The molecule has 1 N–H and O–H groups in total. The molecule has 134 valence electrons. The zero-order chi connectivity index (χ0) is 17.6. The van der Waals surface area contributed by atoms with Crippen LogP contribution in [0.15, 0.2) is 60.8 Å². The minimum absolute atomic E-state index is 0.711. The van der Waals surface area contributed by atoms with Crippen molar-refractivity contribution in [2.45, 2.75) is 32.5 Å². The molecular weight excluding hydrogens is 322 g/mol. The molecule has 0 spiro atoms. The predicted octanol–water partition coefficient (Wildman–Crippen LogP) is 3.15. The molecule has 0 saturated carbocycles. The fourth-order valence-corrected chi connectivity index (χ4v) is 3.36. The lowest BCUT2D eigenvalue weighted by atomic mass is 10.1. The average Bonchev–Trinajstić information content (AvgIpc) is 3.36. The van der Waals surface area contributed by atoms with E-state index in [1.54, 1.807) is 4.80 Å². The van der Waals surface area contributed by atoms with Crippen molar-refractivity contribution in [3.05, 3.63) is 77.6 Å². The van der Waals surface area contributed by atoms with Crippen LogP contribution in [-0.2, 0) is 19.6 Å². The van der Waals surface area contributed by atoms with E-state index in [1.165, 1.54) is 37.1 Å². The van der Waals surface area contributed by atoms with Gasteiger partial charge in [0, 0.05) is 19.6 Å². The summed E-state index contributed by atoms with van der Waals surface area (Å²) in [6.45, 7) is 5.11. The standard InChI is InChI=1S/C21H25N5/c1-2-6-21(7-3-1)26-23-16-20(24-26)15-22-14-18-8-10-19(11-9-18)17-25-12-4-5-13-25/h1-3,6-11,16,22H,4-5,12-15,17H2. The Hall–Kier alpha value is -2.50. The Kier molecular flexibility index (Phi) is 5.38. The molecule has 4 rings (SSSR count). The Morgan fingerprint density at radius 2 is 1.58 bits per heavy atom. The Labute approximate surface area is 154 Å². The molecule has 5 heteroatoms. The normalized spacial score (nSPS) is 14.8. The van der Waals surface area contributed by atoms with E-state index in [1.807, 2.05) is 36.5 Å². The summed E-state index contributed by atoms with van der Waals surface area (Å²) in [6.07, 6.45) is 4.51. The maximum atomic E-state index is 4.52. The van der Waals surface area contributed by atoms with E-state index < -0.39 is 0 Å². The van der Waals surface area contributed by atoms with Gasteiger partial charge in [-0.2, -0.15) is 15.0 Å². The van der Waals surface area contributed by atoms with Gasteiger partial charge in [0.25, 0.3) is 0 Å². The molecule has 1 saturated heterocycles. The third-order valence-electron chi connectivity index (χ3n) is 4.79. The fraction of sp³-hybridized carbons (Fsp3) is 0.333. The van der Waals surface area contributed by atoms with E-state index in [0.29, 0.717) is 6.54 Å². The summed E-state index contributed by atoms with van der Waals surface area (Å²) >= 11 is 0. The summed E-state index contributed by atoms with van der Waals surface area (Å²) in [4.78, 5) is 4.20. The van der Waals surface area contributed by atoms with Crippen LogP contribution in [-0.4, -0.2) is 33.0 Å². The van der Waals surface area contributed by atoms with Crippen molar-refractivity contribution in [2.24, 2.45) is 0 Å². The van der Waals surface area contributed by atoms with Crippen LogP contribution in [0.2, 0.25) is 0 Å². The fourth-order valence-electron chi connectivity index (χ4n) is 3.36. The van der Waals surface area contributed by atoms with Crippen molar-refractivity contribution >= 4 is 0 Å². The van der Waals surface area contributed by atoms with Crippen LogP contribution < -0.4 is 5.32 Å². The van der Waals surface area contributed by atoms with Gasteiger partial charge in [-0.1, -0.05) is 42.5 Å². The second kappa shape index (κ2) is 8.25. The molecule has 3 aromatic rings. The van der Waals surface area contributed by atoms with Gasteiger partial charge in [0.2, 0.25) is 0 Å². The lowest BCUT2D eigenvalue weighted by Gasteiger charge is -2.14. The molecule has 1 fully saturated rings. The van der Waals surface area contributed by atoms with Gasteiger partial charge in [0.15, 0.2) is 0 Å². The second-order valence-corrected chi connectivity index (χ2v) is 6.86. The third kappa shape index (κ3) is 4.36. The number of benzene rings is 2.